The van der Waals surface area contributed by atoms with Crippen molar-refractivity contribution in [1.82, 2.24) is 10.2 Å². The van der Waals surface area contributed by atoms with Gasteiger partial charge in [-0.1, -0.05) is 23.5 Å². The number of hydrogen-bond acceptors (Lipinski definition) is 7. The van der Waals surface area contributed by atoms with Gasteiger partial charge in [-0.15, -0.1) is 21.8 Å². The first-order valence-electron chi connectivity index (χ1n) is 6.49. The van der Waals surface area contributed by atoms with Crippen LogP contribution in [0.2, 0.25) is 0 Å². The number of anilines is 1. The number of rotatable bonds is 7. The van der Waals surface area contributed by atoms with E-state index in [1.54, 1.807) is 6.07 Å². The lowest BCUT2D eigenvalue weighted by atomic mass is 10.2. The molecule has 1 aromatic heterocycles. The largest absolute Gasteiger partial charge is 0.294 e. The normalized spacial score (nSPS) is 10.3. The molecule has 0 unspecified atom stereocenters. The predicted molar refractivity (Wildman–Crippen MR) is 85.6 cm³/mol. The Kier molecular flexibility index (Phi) is 5.72. The van der Waals surface area contributed by atoms with Crippen LogP contribution in [0.15, 0.2) is 24.3 Å². The molecule has 0 bridgehead atoms. The summed E-state index contributed by atoms with van der Waals surface area (Å²) < 4.78 is 0. The quantitative estimate of drug-likeness (QED) is 0.353. The molecule has 0 aliphatic rings. The highest BCUT2D eigenvalue weighted by molar-refractivity contribution is 7.18. The number of halogens is 1. The van der Waals surface area contributed by atoms with Crippen LogP contribution in [-0.2, 0) is 9.59 Å². The minimum atomic E-state index is -0.781. The van der Waals surface area contributed by atoms with E-state index in [9.17, 15) is 19.7 Å². The predicted octanol–water partition coefficient (Wildman–Crippen LogP) is 2.64. The summed E-state index contributed by atoms with van der Waals surface area (Å²) in [5, 5.41) is 21.3. The summed E-state index contributed by atoms with van der Waals surface area (Å²) >= 11 is 6.49. The minimum absolute atomic E-state index is 0.0614. The van der Waals surface area contributed by atoms with Crippen LogP contribution in [0.3, 0.4) is 0 Å². The Morgan fingerprint density at radius 3 is 2.83 bits per heavy atom. The van der Waals surface area contributed by atoms with Crippen molar-refractivity contribution < 1.29 is 14.5 Å². The lowest BCUT2D eigenvalue weighted by Gasteiger charge is -1.98. The molecule has 120 valence electrons. The van der Waals surface area contributed by atoms with Crippen LogP contribution in [0, 0.1) is 10.1 Å². The molecule has 2 aromatic rings. The molecule has 1 N–H and O–H groups in total. The Morgan fingerprint density at radius 1 is 1.35 bits per heavy atom. The van der Waals surface area contributed by atoms with Crippen LogP contribution in [0.4, 0.5) is 10.8 Å². The number of ketones is 1. The van der Waals surface area contributed by atoms with Gasteiger partial charge in [-0.3, -0.25) is 25.0 Å². The number of carbonyl (C=O) groups is 2. The molecule has 0 aliphatic heterocycles. The highest BCUT2D eigenvalue weighted by Gasteiger charge is 2.16. The first-order chi connectivity index (χ1) is 11.0. The molecule has 0 fully saturated rings. The lowest BCUT2D eigenvalue weighted by molar-refractivity contribution is -0.384. The van der Waals surface area contributed by atoms with Crippen LogP contribution < -0.4 is 5.32 Å². The van der Waals surface area contributed by atoms with Crippen molar-refractivity contribution >= 4 is 45.4 Å². The van der Waals surface area contributed by atoms with Crippen LogP contribution in [0.5, 0.6) is 0 Å². The van der Waals surface area contributed by atoms with Crippen LogP contribution in [0.1, 0.15) is 12.8 Å². The molecular weight excluding hydrogens is 344 g/mol. The number of nitro benzene ring substituents is 1. The van der Waals surface area contributed by atoms with Crippen molar-refractivity contribution in [3.63, 3.8) is 0 Å². The lowest BCUT2D eigenvalue weighted by Crippen LogP contribution is -2.22. The Labute approximate surface area is 139 Å². The summed E-state index contributed by atoms with van der Waals surface area (Å²) in [5.74, 6) is -1.07. The van der Waals surface area contributed by atoms with Gasteiger partial charge in [-0.25, -0.2) is 0 Å². The van der Waals surface area contributed by atoms with Crippen molar-refractivity contribution in [3.05, 3.63) is 34.4 Å². The van der Waals surface area contributed by atoms with E-state index in [0.717, 1.165) is 11.3 Å². The Morgan fingerprint density at radius 2 is 2.13 bits per heavy atom. The summed E-state index contributed by atoms with van der Waals surface area (Å²) in [5.41, 5.74) is 0.435. The Bertz CT molecular complexity index is 749. The van der Waals surface area contributed by atoms with E-state index in [-0.39, 0.29) is 17.2 Å². The van der Waals surface area contributed by atoms with Gasteiger partial charge in [-0.05, 0) is 6.42 Å². The molecule has 23 heavy (non-hydrogen) atoms. The van der Waals surface area contributed by atoms with Crippen LogP contribution in [-0.4, -0.2) is 32.7 Å². The first-order valence-corrected chi connectivity index (χ1v) is 7.85. The zero-order valence-corrected chi connectivity index (χ0v) is 13.3. The van der Waals surface area contributed by atoms with Crippen molar-refractivity contribution in [3.8, 4) is 10.6 Å². The van der Waals surface area contributed by atoms with Gasteiger partial charge in [0.05, 0.1) is 4.92 Å². The third kappa shape index (κ3) is 4.54. The fraction of sp³-hybridized carbons (Fsp3) is 0.231. The summed E-state index contributed by atoms with van der Waals surface area (Å²) in [4.78, 5) is 33.4. The third-order valence-corrected chi connectivity index (χ3v) is 3.90. The number of carbonyl (C=O) groups excluding carboxylic acids is 2. The van der Waals surface area contributed by atoms with Gasteiger partial charge < -0.3 is 0 Å². The van der Waals surface area contributed by atoms with E-state index in [4.69, 9.17) is 11.6 Å². The van der Waals surface area contributed by atoms with Crippen LogP contribution >= 0.6 is 22.9 Å². The van der Waals surface area contributed by atoms with Crippen LogP contribution in [0.25, 0.3) is 10.6 Å². The molecule has 0 atom stereocenters. The number of nitro groups is 1. The summed E-state index contributed by atoms with van der Waals surface area (Å²) in [6.07, 6.45) is 0.481. The van der Waals surface area contributed by atoms with Gasteiger partial charge in [0, 0.05) is 30.0 Å². The Balaban J connectivity index is 2.09. The van der Waals surface area contributed by atoms with E-state index in [0.29, 0.717) is 22.9 Å². The van der Waals surface area contributed by atoms with Gasteiger partial charge in [0.1, 0.15) is 5.01 Å². The number of hydrogen-bond donors (Lipinski definition) is 1. The monoisotopic (exact) mass is 354 g/mol. The molecule has 0 saturated carbocycles. The van der Waals surface area contributed by atoms with Crippen molar-refractivity contribution in [2.75, 3.05) is 11.2 Å². The van der Waals surface area contributed by atoms with E-state index in [2.05, 4.69) is 15.5 Å². The molecule has 0 radical (unpaired) electrons. The van der Waals surface area contributed by atoms with E-state index in [1.165, 1.54) is 18.2 Å². The zero-order valence-electron chi connectivity index (χ0n) is 11.7. The van der Waals surface area contributed by atoms with Gasteiger partial charge in [0.25, 0.3) is 11.6 Å². The fourth-order valence-electron chi connectivity index (χ4n) is 1.65. The number of aromatic nitrogens is 2. The average molecular weight is 355 g/mol. The maximum Gasteiger partial charge on any atom is 0.293 e. The summed E-state index contributed by atoms with van der Waals surface area (Å²) in [6.45, 7) is 0. The molecule has 1 aromatic carbocycles. The van der Waals surface area contributed by atoms with E-state index < -0.39 is 16.6 Å². The number of non-ortho nitro benzene ring substituents is 1. The number of benzene rings is 1. The fourth-order valence-corrected chi connectivity index (χ4v) is 2.52. The average Bonchev–Trinajstić information content (AvgIpc) is 3.01. The first kappa shape index (κ1) is 17.0. The third-order valence-electron chi connectivity index (χ3n) is 2.74. The molecule has 1 heterocycles. The maximum absolute atomic E-state index is 11.7. The highest BCUT2D eigenvalue weighted by atomic mass is 35.5. The van der Waals surface area contributed by atoms with Crippen molar-refractivity contribution in [1.29, 1.82) is 0 Å². The molecule has 8 nitrogen and oxygen atoms in total. The van der Waals surface area contributed by atoms with Gasteiger partial charge in [0.15, 0.2) is 0 Å². The molecule has 0 saturated heterocycles. The second-order valence-electron chi connectivity index (χ2n) is 4.39. The molecule has 0 spiro atoms. The minimum Gasteiger partial charge on any atom is -0.294 e. The second-order valence-corrected chi connectivity index (χ2v) is 5.75. The second kappa shape index (κ2) is 7.75. The molecule has 2 rings (SSSR count). The number of alkyl halides is 1. The molecule has 1 amide bonds. The molecular formula is C13H11ClN4O4S. The Hall–Kier alpha value is -2.39. The van der Waals surface area contributed by atoms with E-state index in [1.807, 2.05) is 0 Å². The number of Topliss-reactive ketones (excluding diaryl/α,β-unsaturated/α-hetero) is 1. The maximum atomic E-state index is 11.7. The number of nitrogens with one attached hydrogen (secondary N) is 1. The summed E-state index contributed by atoms with van der Waals surface area (Å²) in [6, 6.07) is 5.90. The summed E-state index contributed by atoms with van der Waals surface area (Å²) in [7, 11) is 0. The zero-order chi connectivity index (χ0) is 16.8. The number of nitrogens with zero attached hydrogens (tertiary/aromatic N) is 3. The molecule has 0 aliphatic carbocycles. The van der Waals surface area contributed by atoms with Crippen molar-refractivity contribution in [2.24, 2.45) is 0 Å². The molecule has 10 heteroatoms. The highest BCUT2D eigenvalue weighted by Crippen LogP contribution is 2.28. The van der Waals surface area contributed by atoms with Gasteiger partial charge in [0.2, 0.25) is 10.9 Å². The van der Waals surface area contributed by atoms with Gasteiger partial charge >= 0.3 is 0 Å². The van der Waals surface area contributed by atoms with E-state index >= 15 is 0 Å². The SMILES string of the molecule is O=C(CCCCl)C(=O)Nc1nnc(-c2cccc([N+](=O)[O-])c2)s1. The smallest absolute Gasteiger partial charge is 0.293 e. The number of amides is 1. The standard InChI is InChI=1S/C13H11ClN4O4S/c14-6-2-5-10(19)11(20)15-13-17-16-12(23-13)8-3-1-4-9(7-8)18(21)22/h1,3-4,7H,2,5-6H2,(H,15,17,20). The van der Waals surface area contributed by atoms with Gasteiger partial charge in [-0.2, -0.15) is 0 Å². The van der Waals surface area contributed by atoms with Crippen molar-refractivity contribution in [2.45, 2.75) is 12.8 Å². The topological polar surface area (TPSA) is 115 Å².